The number of carbonyl (C=O) groups is 2. The van der Waals surface area contributed by atoms with E-state index >= 15 is 0 Å². The van der Waals surface area contributed by atoms with Gasteiger partial charge in [0.25, 0.3) is 10.1 Å². The van der Waals surface area contributed by atoms with Crippen molar-refractivity contribution in [1.82, 2.24) is 0 Å². The lowest BCUT2D eigenvalue weighted by Gasteiger charge is -2.40. The molecular formula is C44H78O12S. The Labute approximate surface area is 344 Å². The minimum Gasteiger partial charge on any atom is -0.462 e. The van der Waals surface area contributed by atoms with Crippen LogP contribution in [-0.4, -0.2) is 96.0 Å². The van der Waals surface area contributed by atoms with E-state index in [-0.39, 0.29) is 19.4 Å². The van der Waals surface area contributed by atoms with E-state index < -0.39 is 71.2 Å². The fourth-order valence-corrected chi connectivity index (χ4v) is 7.14. The van der Waals surface area contributed by atoms with Crippen molar-refractivity contribution in [2.75, 3.05) is 19.0 Å². The molecule has 1 aliphatic heterocycles. The summed E-state index contributed by atoms with van der Waals surface area (Å²) in [4.78, 5) is 25.3. The Balaban J connectivity index is 2.49. The maximum Gasteiger partial charge on any atom is 0.306 e. The van der Waals surface area contributed by atoms with E-state index in [1.165, 1.54) is 70.6 Å². The van der Waals surface area contributed by atoms with Crippen molar-refractivity contribution in [2.24, 2.45) is 0 Å². The molecule has 0 bridgehead atoms. The number of carbonyl (C=O) groups excluding carboxylic acids is 2. The zero-order chi connectivity index (χ0) is 42.0. The SMILES string of the molecule is CCCC/C=C/C/C=C/CCCCCCCC(=O)OC[C@H](CO[C@H]1O[C@H](CS(=O)(=O)O)[C@@H](O)C(O)C1O)OC(=O)CCCC/C=C/CCCCCCCCCCC. The van der Waals surface area contributed by atoms with Crippen molar-refractivity contribution in [3.63, 3.8) is 0 Å². The van der Waals surface area contributed by atoms with Crippen LogP contribution in [0, 0.1) is 0 Å². The van der Waals surface area contributed by atoms with E-state index in [4.69, 9.17) is 18.9 Å². The summed E-state index contributed by atoms with van der Waals surface area (Å²) in [6.45, 7) is 3.68. The third-order valence-corrected chi connectivity index (χ3v) is 10.7. The molecule has 0 amide bonds. The smallest absolute Gasteiger partial charge is 0.306 e. The maximum atomic E-state index is 12.8. The van der Waals surface area contributed by atoms with Gasteiger partial charge in [-0.1, -0.05) is 134 Å². The first-order chi connectivity index (χ1) is 27.5. The molecule has 0 aromatic heterocycles. The van der Waals surface area contributed by atoms with Crippen LogP contribution in [0.2, 0.25) is 0 Å². The lowest BCUT2D eigenvalue weighted by Crippen LogP contribution is -2.60. The number of aliphatic hydroxyl groups is 3. The summed E-state index contributed by atoms with van der Waals surface area (Å²) < 4.78 is 54.0. The fraction of sp³-hybridized carbons (Fsp3) is 0.818. The largest absolute Gasteiger partial charge is 0.462 e. The van der Waals surface area contributed by atoms with Crippen LogP contribution in [0.1, 0.15) is 174 Å². The zero-order valence-electron chi connectivity index (χ0n) is 35.2. The lowest BCUT2D eigenvalue weighted by molar-refractivity contribution is -0.297. The van der Waals surface area contributed by atoms with E-state index in [0.717, 1.165) is 64.2 Å². The van der Waals surface area contributed by atoms with Crippen molar-refractivity contribution in [1.29, 1.82) is 0 Å². The molecule has 1 rings (SSSR count). The van der Waals surface area contributed by atoms with E-state index in [1.54, 1.807) is 0 Å². The molecule has 13 heteroatoms. The normalized spacial score (nSPS) is 20.8. The molecule has 0 aromatic carbocycles. The quantitative estimate of drug-likeness (QED) is 0.0204. The van der Waals surface area contributed by atoms with Crippen LogP contribution in [0.4, 0.5) is 0 Å². The summed E-state index contributed by atoms with van der Waals surface area (Å²) in [5.41, 5.74) is 0. The van der Waals surface area contributed by atoms with Crippen LogP contribution < -0.4 is 0 Å². The third-order valence-electron chi connectivity index (χ3n) is 9.94. The summed E-state index contributed by atoms with van der Waals surface area (Å²) in [7, 11) is -4.60. The van der Waals surface area contributed by atoms with Crippen LogP contribution in [-0.2, 0) is 38.7 Å². The molecule has 57 heavy (non-hydrogen) atoms. The maximum absolute atomic E-state index is 12.8. The fourth-order valence-electron chi connectivity index (χ4n) is 6.45. The number of allylic oxidation sites excluding steroid dienone is 6. The first-order valence-electron chi connectivity index (χ1n) is 22.0. The highest BCUT2D eigenvalue weighted by Gasteiger charge is 2.46. The van der Waals surface area contributed by atoms with Crippen LogP contribution in [0.15, 0.2) is 36.5 Å². The highest BCUT2D eigenvalue weighted by Crippen LogP contribution is 2.24. The third kappa shape index (κ3) is 29.7. The molecule has 1 heterocycles. The molecular weight excluding hydrogens is 753 g/mol. The number of rotatable bonds is 36. The van der Waals surface area contributed by atoms with Gasteiger partial charge in [-0.05, 0) is 64.2 Å². The van der Waals surface area contributed by atoms with Gasteiger partial charge in [0.05, 0.1) is 6.61 Å². The van der Waals surface area contributed by atoms with Gasteiger partial charge in [0.1, 0.15) is 36.8 Å². The number of hydrogen-bond donors (Lipinski definition) is 4. The Bertz CT molecular complexity index is 1200. The van der Waals surface area contributed by atoms with Gasteiger partial charge in [-0.25, -0.2) is 0 Å². The Hall–Kier alpha value is -2.13. The molecule has 332 valence electrons. The van der Waals surface area contributed by atoms with Gasteiger partial charge in [0.2, 0.25) is 0 Å². The van der Waals surface area contributed by atoms with Crippen molar-refractivity contribution < 1.29 is 56.8 Å². The minimum atomic E-state index is -4.60. The van der Waals surface area contributed by atoms with Gasteiger partial charge in [0.15, 0.2) is 12.4 Å². The standard InChI is InChI=1S/C44H78O12S/c1-3-5-7-9-11-13-15-17-19-21-23-25-27-29-31-33-40(46)55-37(35-54-44-43(49)42(48)41(47)38(56-44)36-57(50,51)52)34-53-39(45)32-30-28-26-24-22-20-18-16-14-12-10-8-6-4-2/h10,12,16,18,23,25,37-38,41-44,47-49H,3-9,11,13-15,17,19-22,24,26-36H2,1-2H3,(H,50,51,52)/b12-10+,18-16+,25-23+/t37-,38-,41-,42?,43?,44+/m1/s1. The van der Waals surface area contributed by atoms with Crippen LogP contribution in [0.5, 0.6) is 0 Å². The molecule has 2 unspecified atom stereocenters. The number of hydrogen-bond acceptors (Lipinski definition) is 11. The average molecular weight is 831 g/mol. The predicted molar refractivity (Wildman–Crippen MR) is 224 cm³/mol. The molecule has 1 fully saturated rings. The number of esters is 2. The summed E-state index contributed by atoms with van der Waals surface area (Å²) in [5, 5.41) is 30.8. The van der Waals surface area contributed by atoms with Gasteiger partial charge in [0, 0.05) is 12.8 Å². The van der Waals surface area contributed by atoms with Gasteiger partial charge in [-0.15, -0.1) is 0 Å². The molecule has 0 aliphatic carbocycles. The van der Waals surface area contributed by atoms with E-state index in [2.05, 4.69) is 50.3 Å². The molecule has 6 atom stereocenters. The van der Waals surface area contributed by atoms with Crippen LogP contribution in [0.3, 0.4) is 0 Å². The van der Waals surface area contributed by atoms with Gasteiger partial charge >= 0.3 is 11.9 Å². The molecule has 1 saturated heterocycles. The monoisotopic (exact) mass is 831 g/mol. The Kier molecular flexibility index (Phi) is 32.2. The molecule has 4 N–H and O–H groups in total. The first kappa shape index (κ1) is 52.9. The summed E-state index contributed by atoms with van der Waals surface area (Å²) in [6.07, 6.45) is 29.1. The molecule has 0 aromatic rings. The van der Waals surface area contributed by atoms with Gasteiger partial charge in [-0.3, -0.25) is 14.1 Å². The zero-order valence-corrected chi connectivity index (χ0v) is 36.0. The van der Waals surface area contributed by atoms with Crippen LogP contribution >= 0.6 is 0 Å². The molecule has 12 nitrogen and oxygen atoms in total. The topological polar surface area (TPSA) is 186 Å². The van der Waals surface area contributed by atoms with Crippen molar-refractivity contribution in [3.05, 3.63) is 36.5 Å². The van der Waals surface area contributed by atoms with Crippen molar-refractivity contribution >= 4 is 22.1 Å². The summed E-state index contributed by atoms with van der Waals surface area (Å²) in [5.74, 6) is -2.03. The molecule has 1 aliphatic rings. The van der Waals surface area contributed by atoms with E-state index in [0.29, 0.717) is 12.8 Å². The Morgan fingerprint density at radius 3 is 1.65 bits per heavy atom. The highest BCUT2D eigenvalue weighted by atomic mass is 32.2. The summed E-state index contributed by atoms with van der Waals surface area (Å²) >= 11 is 0. The average Bonchev–Trinajstić information content (AvgIpc) is 3.17. The van der Waals surface area contributed by atoms with Gasteiger partial charge < -0.3 is 34.3 Å². The Morgan fingerprint density at radius 2 is 1.07 bits per heavy atom. The number of ether oxygens (including phenoxy) is 4. The highest BCUT2D eigenvalue weighted by molar-refractivity contribution is 7.85. The number of unbranched alkanes of at least 4 members (excludes halogenated alkanes) is 18. The Morgan fingerprint density at radius 1 is 0.596 bits per heavy atom. The predicted octanol–water partition coefficient (Wildman–Crippen LogP) is 8.61. The van der Waals surface area contributed by atoms with Crippen molar-refractivity contribution in [3.8, 4) is 0 Å². The van der Waals surface area contributed by atoms with Crippen molar-refractivity contribution in [2.45, 2.75) is 211 Å². The van der Waals surface area contributed by atoms with Crippen LogP contribution in [0.25, 0.3) is 0 Å². The lowest BCUT2D eigenvalue weighted by atomic mass is 10.00. The van der Waals surface area contributed by atoms with Gasteiger partial charge in [-0.2, -0.15) is 8.42 Å². The number of aliphatic hydroxyl groups excluding tert-OH is 3. The molecule has 0 spiro atoms. The molecule has 0 radical (unpaired) electrons. The first-order valence-corrected chi connectivity index (χ1v) is 23.7. The molecule has 0 saturated carbocycles. The van der Waals surface area contributed by atoms with E-state index in [1.807, 2.05) is 0 Å². The second-order valence-corrected chi connectivity index (χ2v) is 16.9. The second-order valence-electron chi connectivity index (χ2n) is 15.4. The second kappa shape index (κ2) is 34.7. The minimum absolute atomic E-state index is 0.131. The summed E-state index contributed by atoms with van der Waals surface area (Å²) in [6, 6.07) is 0. The van der Waals surface area contributed by atoms with E-state index in [9.17, 15) is 37.9 Å².